The van der Waals surface area contributed by atoms with E-state index < -0.39 is 0 Å². The molecule has 0 fully saturated rings. The van der Waals surface area contributed by atoms with Crippen molar-refractivity contribution in [1.29, 1.82) is 0 Å². The van der Waals surface area contributed by atoms with Crippen molar-refractivity contribution < 1.29 is 19.0 Å². The molecule has 1 amide bonds. The van der Waals surface area contributed by atoms with Gasteiger partial charge in [0.15, 0.2) is 11.5 Å². The summed E-state index contributed by atoms with van der Waals surface area (Å²) < 4.78 is 16.2. The lowest BCUT2D eigenvalue weighted by Crippen LogP contribution is -2.14. The maximum Gasteiger partial charge on any atom is 0.237 e. The molecule has 0 bridgehead atoms. The van der Waals surface area contributed by atoms with E-state index in [1.54, 1.807) is 50.9 Å². The summed E-state index contributed by atoms with van der Waals surface area (Å²) in [6, 6.07) is 12.6. The fourth-order valence-electron chi connectivity index (χ4n) is 2.92. The number of carbonyl (C=O) groups excluding carboxylic acids is 1. The Balaban J connectivity index is 1.36. The Bertz CT molecular complexity index is 1200. The molecule has 0 aliphatic rings. The summed E-state index contributed by atoms with van der Waals surface area (Å²) in [4.78, 5) is 25.1. The van der Waals surface area contributed by atoms with E-state index in [1.807, 2.05) is 23.6 Å². The quantitative estimate of drug-likeness (QED) is 0.421. The average molecular weight is 449 g/mol. The number of thiazole rings is 1. The smallest absolute Gasteiger partial charge is 0.237 e. The van der Waals surface area contributed by atoms with Crippen LogP contribution in [0.2, 0.25) is 0 Å². The molecule has 4 aromatic rings. The molecule has 162 valence electrons. The Kier molecular flexibility index (Phi) is 6.57. The third kappa shape index (κ3) is 5.19. The number of ether oxygens (including phenoxy) is 3. The molecule has 4 rings (SSSR count). The van der Waals surface area contributed by atoms with Crippen LogP contribution in [0.1, 0.15) is 5.69 Å². The van der Waals surface area contributed by atoms with Crippen molar-refractivity contribution in [3.63, 3.8) is 0 Å². The van der Waals surface area contributed by atoms with Gasteiger partial charge >= 0.3 is 0 Å². The van der Waals surface area contributed by atoms with Crippen LogP contribution in [-0.2, 0) is 11.2 Å². The maximum atomic E-state index is 12.5. The van der Waals surface area contributed by atoms with Gasteiger partial charge in [-0.05, 0) is 42.5 Å². The number of rotatable bonds is 8. The second-order valence-corrected chi connectivity index (χ2v) is 7.47. The van der Waals surface area contributed by atoms with E-state index in [1.165, 1.54) is 17.5 Å². The number of methoxy groups -OCH3 is 2. The highest BCUT2D eigenvalue weighted by Gasteiger charge is 2.12. The van der Waals surface area contributed by atoms with Crippen LogP contribution >= 0.6 is 11.3 Å². The molecule has 0 saturated carbocycles. The minimum absolute atomic E-state index is 0.156. The maximum absolute atomic E-state index is 12.5. The first-order valence-corrected chi connectivity index (χ1v) is 10.5. The summed E-state index contributed by atoms with van der Waals surface area (Å²) in [7, 11) is 3.18. The van der Waals surface area contributed by atoms with Gasteiger partial charge in [-0.15, -0.1) is 11.3 Å². The Hall–Kier alpha value is -3.98. The summed E-state index contributed by atoms with van der Waals surface area (Å²) >= 11 is 1.47. The number of amides is 1. The van der Waals surface area contributed by atoms with Gasteiger partial charge in [-0.1, -0.05) is 0 Å². The highest BCUT2D eigenvalue weighted by Crippen LogP contribution is 2.33. The van der Waals surface area contributed by atoms with Crippen molar-refractivity contribution in [2.45, 2.75) is 6.42 Å². The van der Waals surface area contributed by atoms with Gasteiger partial charge in [-0.3, -0.25) is 9.78 Å². The number of aromatic nitrogens is 3. The van der Waals surface area contributed by atoms with Crippen molar-refractivity contribution in [2.75, 3.05) is 19.5 Å². The van der Waals surface area contributed by atoms with E-state index in [-0.39, 0.29) is 12.3 Å². The standard InChI is InChI=1S/C23H20N4O4S/c1-29-19-8-3-15(11-20(19)30-2)23-27-17(14-32-23)12-21(28)26-16-4-6-18(7-5-16)31-22-13-24-9-10-25-22/h3-11,13-14H,12H2,1-2H3,(H,26,28). The summed E-state index contributed by atoms with van der Waals surface area (Å²) in [6.45, 7) is 0. The highest BCUT2D eigenvalue weighted by atomic mass is 32.1. The molecule has 0 aliphatic carbocycles. The zero-order chi connectivity index (χ0) is 22.3. The number of carbonyl (C=O) groups is 1. The molecule has 0 saturated heterocycles. The predicted octanol–water partition coefficient (Wildman–Crippen LogP) is 4.59. The number of nitrogens with one attached hydrogen (secondary N) is 1. The highest BCUT2D eigenvalue weighted by molar-refractivity contribution is 7.13. The normalized spacial score (nSPS) is 10.4. The Labute approximate surface area is 188 Å². The van der Waals surface area contributed by atoms with Crippen LogP contribution in [0.4, 0.5) is 5.69 Å². The van der Waals surface area contributed by atoms with E-state index in [2.05, 4.69) is 20.3 Å². The van der Waals surface area contributed by atoms with E-state index in [4.69, 9.17) is 14.2 Å². The summed E-state index contributed by atoms with van der Waals surface area (Å²) in [5.74, 6) is 2.13. The molecule has 32 heavy (non-hydrogen) atoms. The zero-order valence-electron chi connectivity index (χ0n) is 17.4. The van der Waals surface area contributed by atoms with Crippen molar-refractivity contribution in [3.8, 4) is 33.7 Å². The first-order chi connectivity index (χ1) is 15.6. The Morgan fingerprint density at radius 2 is 1.84 bits per heavy atom. The van der Waals surface area contributed by atoms with Crippen LogP contribution in [0.25, 0.3) is 10.6 Å². The second kappa shape index (κ2) is 9.88. The van der Waals surface area contributed by atoms with Crippen molar-refractivity contribution in [2.24, 2.45) is 0 Å². The van der Waals surface area contributed by atoms with Gasteiger partial charge in [0.25, 0.3) is 0 Å². The topological polar surface area (TPSA) is 95.5 Å². The molecule has 9 heteroatoms. The molecule has 1 N–H and O–H groups in total. The van der Waals surface area contributed by atoms with E-state index in [0.717, 1.165) is 10.6 Å². The van der Waals surface area contributed by atoms with Gasteiger partial charge in [0.2, 0.25) is 11.8 Å². The first-order valence-electron chi connectivity index (χ1n) is 9.65. The lowest BCUT2D eigenvalue weighted by Gasteiger charge is -2.08. The summed E-state index contributed by atoms with van der Waals surface area (Å²) in [5, 5.41) is 5.55. The fraction of sp³-hybridized carbons (Fsp3) is 0.130. The van der Waals surface area contributed by atoms with Crippen molar-refractivity contribution in [1.82, 2.24) is 15.0 Å². The van der Waals surface area contributed by atoms with Gasteiger partial charge in [0.05, 0.1) is 32.5 Å². The Morgan fingerprint density at radius 3 is 2.56 bits per heavy atom. The average Bonchev–Trinajstić information content (AvgIpc) is 3.29. The molecule has 2 aromatic carbocycles. The molecule has 2 heterocycles. The van der Waals surface area contributed by atoms with Gasteiger partial charge < -0.3 is 19.5 Å². The number of benzene rings is 2. The van der Waals surface area contributed by atoms with Gasteiger partial charge in [0, 0.05) is 29.0 Å². The van der Waals surface area contributed by atoms with Crippen LogP contribution in [0, 0.1) is 0 Å². The van der Waals surface area contributed by atoms with E-state index in [0.29, 0.717) is 34.5 Å². The molecule has 8 nitrogen and oxygen atoms in total. The number of hydrogen-bond donors (Lipinski definition) is 1. The third-order valence-electron chi connectivity index (χ3n) is 4.42. The summed E-state index contributed by atoms with van der Waals surface area (Å²) in [6.07, 6.45) is 4.82. The lowest BCUT2D eigenvalue weighted by molar-refractivity contribution is -0.115. The predicted molar refractivity (Wildman–Crippen MR) is 122 cm³/mol. The molecule has 0 atom stereocenters. The Morgan fingerprint density at radius 1 is 1.03 bits per heavy atom. The van der Waals surface area contributed by atoms with Crippen LogP contribution < -0.4 is 19.5 Å². The second-order valence-electron chi connectivity index (χ2n) is 6.61. The van der Waals surface area contributed by atoms with Gasteiger partial charge in [-0.25, -0.2) is 9.97 Å². The molecule has 2 aromatic heterocycles. The van der Waals surface area contributed by atoms with Crippen LogP contribution in [-0.4, -0.2) is 35.1 Å². The number of nitrogens with zero attached hydrogens (tertiary/aromatic N) is 3. The van der Waals surface area contributed by atoms with E-state index in [9.17, 15) is 4.79 Å². The molecule has 0 unspecified atom stereocenters. The minimum atomic E-state index is -0.156. The third-order valence-corrected chi connectivity index (χ3v) is 5.36. The zero-order valence-corrected chi connectivity index (χ0v) is 18.3. The molecular formula is C23H20N4O4S. The number of hydrogen-bond acceptors (Lipinski definition) is 8. The van der Waals surface area contributed by atoms with Crippen LogP contribution in [0.3, 0.4) is 0 Å². The SMILES string of the molecule is COc1ccc(-c2nc(CC(=O)Nc3ccc(Oc4cnccn4)cc3)cs2)cc1OC. The summed E-state index contributed by atoms with van der Waals surface area (Å²) in [5.41, 5.74) is 2.26. The minimum Gasteiger partial charge on any atom is -0.493 e. The van der Waals surface area contributed by atoms with E-state index >= 15 is 0 Å². The van der Waals surface area contributed by atoms with Gasteiger partial charge in [-0.2, -0.15) is 0 Å². The molecular weight excluding hydrogens is 428 g/mol. The van der Waals surface area contributed by atoms with Gasteiger partial charge in [0.1, 0.15) is 10.8 Å². The first kappa shape index (κ1) is 21.3. The van der Waals surface area contributed by atoms with Crippen molar-refractivity contribution in [3.05, 3.63) is 72.1 Å². The molecule has 0 aliphatic heterocycles. The fourth-order valence-corrected chi connectivity index (χ4v) is 3.74. The van der Waals surface area contributed by atoms with Crippen LogP contribution in [0.5, 0.6) is 23.1 Å². The molecule has 0 spiro atoms. The van der Waals surface area contributed by atoms with Crippen molar-refractivity contribution >= 4 is 22.9 Å². The molecule has 0 radical (unpaired) electrons. The monoisotopic (exact) mass is 448 g/mol. The van der Waals surface area contributed by atoms with Crippen LogP contribution in [0.15, 0.2) is 66.4 Å². The lowest BCUT2D eigenvalue weighted by atomic mass is 10.2. The largest absolute Gasteiger partial charge is 0.493 e. The number of anilines is 1.